The predicted octanol–water partition coefficient (Wildman–Crippen LogP) is 2.83. The molecule has 2 aromatic carbocycles. The van der Waals surface area contributed by atoms with Crippen LogP contribution in [0.1, 0.15) is 0 Å². The van der Waals surface area contributed by atoms with Gasteiger partial charge in [0.15, 0.2) is 0 Å². The van der Waals surface area contributed by atoms with Crippen LogP contribution in [0.5, 0.6) is 11.5 Å². The van der Waals surface area contributed by atoms with Gasteiger partial charge >= 0.3 is 0 Å². The van der Waals surface area contributed by atoms with E-state index in [-0.39, 0.29) is 6.61 Å². The standard InChI is InChI=1S/C17H15N3O2/c1-3-8-22-12-5-6-13(16(10-12)21-2)17-19-14-7-4-11(18)9-15(14)20-17/h1,4-7,9-10H,8,18H2,2H3,(H,19,20). The highest BCUT2D eigenvalue weighted by Gasteiger charge is 2.12. The number of imidazole rings is 1. The lowest BCUT2D eigenvalue weighted by Gasteiger charge is -2.09. The van der Waals surface area contributed by atoms with Crippen molar-refractivity contribution in [3.63, 3.8) is 0 Å². The second-order valence-corrected chi connectivity index (χ2v) is 4.72. The van der Waals surface area contributed by atoms with Gasteiger partial charge in [0.25, 0.3) is 0 Å². The van der Waals surface area contributed by atoms with Crippen LogP contribution in [0.3, 0.4) is 0 Å². The number of aromatic amines is 1. The summed E-state index contributed by atoms with van der Waals surface area (Å²) >= 11 is 0. The van der Waals surface area contributed by atoms with E-state index in [1.807, 2.05) is 30.3 Å². The van der Waals surface area contributed by atoms with Gasteiger partial charge in [-0.1, -0.05) is 5.92 Å². The summed E-state index contributed by atoms with van der Waals surface area (Å²) in [4.78, 5) is 7.81. The summed E-state index contributed by atoms with van der Waals surface area (Å²) in [5, 5.41) is 0. The average molecular weight is 293 g/mol. The number of H-pyrrole nitrogens is 1. The van der Waals surface area contributed by atoms with E-state index >= 15 is 0 Å². The highest BCUT2D eigenvalue weighted by Crippen LogP contribution is 2.33. The maximum absolute atomic E-state index is 5.79. The molecule has 0 spiro atoms. The fraction of sp³-hybridized carbons (Fsp3) is 0.118. The van der Waals surface area contributed by atoms with Gasteiger partial charge in [-0.05, 0) is 30.3 Å². The first-order chi connectivity index (χ1) is 10.7. The molecule has 3 N–H and O–H groups in total. The number of terminal acetylenes is 1. The largest absolute Gasteiger partial charge is 0.496 e. The van der Waals surface area contributed by atoms with E-state index in [2.05, 4.69) is 15.9 Å². The highest BCUT2D eigenvalue weighted by atomic mass is 16.5. The second kappa shape index (κ2) is 5.70. The molecule has 110 valence electrons. The van der Waals surface area contributed by atoms with Crippen molar-refractivity contribution < 1.29 is 9.47 Å². The minimum atomic E-state index is 0.215. The van der Waals surface area contributed by atoms with Crippen molar-refractivity contribution in [1.82, 2.24) is 9.97 Å². The number of ether oxygens (including phenoxy) is 2. The third kappa shape index (κ3) is 2.54. The molecule has 1 aromatic heterocycles. The summed E-state index contributed by atoms with van der Waals surface area (Å²) in [5.74, 6) is 4.44. The lowest BCUT2D eigenvalue weighted by molar-refractivity contribution is 0.363. The number of benzene rings is 2. The first-order valence-corrected chi connectivity index (χ1v) is 6.71. The molecule has 0 bridgehead atoms. The summed E-state index contributed by atoms with van der Waals surface area (Å²) < 4.78 is 10.8. The number of aromatic nitrogens is 2. The third-order valence-corrected chi connectivity index (χ3v) is 3.26. The van der Waals surface area contributed by atoms with Gasteiger partial charge in [-0.3, -0.25) is 0 Å². The molecule has 3 rings (SSSR count). The molecule has 3 aromatic rings. The van der Waals surface area contributed by atoms with Crippen LogP contribution in [0.4, 0.5) is 5.69 Å². The molecule has 0 aliphatic rings. The summed E-state index contributed by atoms with van der Waals surface area (Å²) in [6.45, 7) is 0.215. The lowest BCUT2D eigenvalue weighted by Crippen LogP contribution is -1.95. The Labute approximate surface area is 128 Å². The Hall–Kier alpha value is -3.13. The molecule has 0 saturated carbocycles. The molecule has 0 aliphatic carbocycles. The Balaban J connectivity index is 2.03. The maximum Gasteiger partial charge on any atom is 0.148 e. The SMILES string of the molecule is C#CCOc1ccc(-c2nc3ccc(N)cc3[nH]2)c(OC)c1. The zero-order chi connectivity index (χ0) is 15.5. The number of hydrogen-bond donors (Lipinski definition) is 2. The van der Waals surface area contributed by atoms with Gasteiger partial charge in [0, 0.05) is 11.8 Å². The van der Waals surface area contributed by atoms with Gasteiger partial charge in [0.1, 0.15) is 23.9 Å². The fourth-order valence-electron chi connectivity index (χ4n) is 2.24. The van der Waals surface area contributed by atoms with E-state index in [0.717, 1.165) is 16.6 Å². The van der Waals surface area contributed by atoms with E-state index in [1.54, 1.807) is 13.2 Å². The van der Waals surface area contributed by atoms with E-state index in [9.17, 15) is 0 Å². The van der Waals surface area contributed by atoms with Crippen LogP contribution in [0.2, 0.25) is 0 Å². The Kier molecular flexibility index (Phi) is 3.58. The van der Waals surface area contributed by atoms with Gasteiger partial charge in [-0.15, -0.1) is 6.42 Å². The zero-order valence-corrected chi connectivity index (χ0v) is 12.1. The number of methoxy groups -OCH3 is 1. The molecule has 1 heterocycles. The van der Waals surface area contributed by atoms with Crippen LogP contribution >= 0.6 is 0 Å². The van der Waals surface area contributed by atoms with E-state index in [1.165, 1.54) is 0 Å². The van der Waals surface area contributed by atoms with E-state index in [4.69, 9.17) is 21.6 Å². The maximum atomic E-state index is 5.79. The van der Waals surface area contributed by atoms with Gasteiger partial charge in [-0.25, -0.2) is 4.98 Å². The molecule has 0 unspecified atom stereocenters. The van der Waals surface area contributed by atoms with Crippen molar-refractivity contribution in [2.24, 2.45) is 0 Å². The van der Waals surface area contributed by atoms with Gasteiger partial charge in [0.2, 0.25) is 0 Å². The molecule has 0 atom stereocenters. The lowest BCUT2D eigenvalue weighted by atomic mass is 10.2. The number of nitrogen functional groups attached to an aromatic ring is 1. The number of nitrogens with two attached hydrogens (primary N) is 1. The van der Waals surface area contributed by atoms with Crippen LogP contribution in [0.25, 0.3) is 22.4 Å². The van der Waals surface area contributed by atoms with Crippen molar-refractivity contribution >= 4 is 16.7 Å². The molecule has 22 heavy (non-hydrogen) atoms. The topological polar surface area (TPSA) is 73.2 Å². The van der Waals surface area contributed by atoms with Gasteiger partial charge in [-0.2, -0.15) is 0 Å². The average Bonchev–Trinajstić information content (AvgIpc) is 2.95. The molecule has 0 radical (unpaired) electrons. The molecular formula is C17H15N3O2. The monoisotopic (exact) mass is 293 g/mol. The summed E-state index contributed by atoms with van der Waals surface area (Å²) in [6, 6.07) is 11.0. The minimum Gasteiger partial charge on any atom is -0.496 e. The Morgan fingerprint density at radius 3 is 2.91 bits per heavy atom. The van der Waals surface area contributed by atoms with Gasteiger partial charge in [0.05, 0.1) is 23.7 Å². The number of nitrogens with zero attached hydrogens (tertiary/aromatic N) is 1. The van der Waals surface area contributed by atoms with Crippen LogP contribution in [0, 0.1) is 12.3 Å². The Morgan fingerprint density at radius 1 is 1.27 bits per heavy atom. The summed E-state index contributed by atoms with van der Waals surface area (Å²) in [7, 11) is 1.60. The fourth-order valence-corrected chi connectivity index (χ4v) is 2.24. The smallest absolute Gasteiger partial charge is 0.148 e. The molecule has 0 fully saturated rings. The van der Waals surface area contributed by atoms with Crippen LogP contribution in [-0.2, 0) is 0 Å². The summed E-state index contributed by atoms with van der Waals surface area (Å²) in [6.07, 6.45) is 5.19. The predicted molar refractivity (Wildman–Crippen MR) is 86.8 cm³/mol. The zero-order valence-electron chi connectivity index (χ0n) is 12.1. The second-order valence-electron chi connectivity index (χ2n) is 4.72. The Bertz CT molecular complexity index is 862. The Morgan fingerprint density at radius 2 is 2.14 bits per heavy atom. The number of hydrogen-bond acceptors (Lipinski definition) is 4. The number of nitrogens with one attached hydrogen (secondary N) is 1. The summed E-state index contributed by atoms with van der Waals surface area (Å²) in [5.41, 5.74) is 9.04. The number of anilines is 1. The molecule has 0 amide bonds. The quantitative estimate of drug-likeness (QED) is 0.573. The van der Waals surface area contributed by atoms with Crippen LogP contribution in [-0.4, -0.2) is 23.7 Å². The van der Waals surface area contributed by atoms with Crippen LogP contribution in [0.15, 0.2) is 36.4 Å². The minimum absolute atomic E-state index is 0.215. The van der Waals surface area contributed by atoms with Crippen LogP contribution < -0.4 is 15.2 Å². The van der Waals surface area contributed by atoms with E-state index in [0.29, 0.717) is 23.0 Å². The normalized spacial score (nSPS) is 10.4. The number of fused-ring (bicyclic) bond motifs is 1. The molecule has 5 heteroatoms. The van der Waals surface area contributed by atoms with Gasteiger partial charge < -0.3 is 20.2 Å². The first-order valence-electron chi connectivity index (χ1n) is 6.71. The highest BCUT2D eigenvalue weighted by molar-refractivity contribution is 5.83. The van der Waals surface area contributed by atoms with Crippen molar-refractivity contribution in [3.05, 3.63) is 36.4 Å². The van der Waals surface area contributed by atoms with E-state index < -0.39 is 0 Å². The first kappa shape index (κ1) is 13.8. The van der Waals surface area contributed by atoms with Crippen molar-refractivity contribution in [2.45, 2.75) is 0 Å². The molecular weight excluding hydrogens is 278 g/mol. The van der Waals surface area contributed by atoms with Crippen molar-refractivity contribution in [2.75, 3.05) is 19.5 Å². The third-order valence-electron chi connectivity index (χ3n) is 3.26. The molecule has 0 aliphatic heterocycles. The molecule has 0 saturated heterocycles. The van der Waals surface area contributed by atoms with Crippen molar-refractivity contribution in [3.8, 4) is 35.2 Å². The number of rotatable bonds is 4. The van der Waals surface area contributed by atoms with Crippen molar-refractivity contribution in [1.29, 1.82) is 0 Å². The molecule has 5 nitrogen and oxygen atoms in total.